The Kier molecular flexibility index (Phi) is 7.56. The fourth-order valence-electron chi connectivity index (χ4n) is 5.92. The lowest BCUT2D eigenvalue weighted by Crippen LogP contribution is -2.45. The molecule has 0 radical (unpaired) electrons. The number of benzene rings is 2. The molecule has 0 bridgehead atoms. The van der Waals surface area contributed by atoms with Crippen LogP contribution in [0.5, 0.6) is 0 Å². The topological polar surface area (TPSA) is 60.4 Å². The van der Waals surface area contributed by atoms with E-state index in [0.717, 1.165) is 50.7 Å². The molecule has 7 nitrogen and oxygen atoms in total. The van der Waals surface area contributed by atoms with E-state index in [-0.39, 0.29) is 33.5 Å². The molecule has 43 heavy (non-hydrogen) atoms. The van der Waals surface area contributed by atoms with Crippen molar-refractivity contribution in [2.24, 2.45) is 0 Å². The fourth-order valence-corrected chi connectivity index (χ4v) is 5.92. The smallest absolute Gasteiger partial charge is 0.357 e. The molecule has 4 aromatic rings. The fraction of sp³-hybridized carbons (Fsp3) is 0.387. The Morgan fingerprint density at radius 3 is 2.56 bits per heavy atom. The Balaban J connectivity index is 1.58. The van der Waals surface area contributed by atoms with Crippen molar-refractivity contribution in [1.29, 1.82) is 0 Å². The maximum atomic E-state index is 16.7. The van der Waals surface area contributed by atoms with Crippen LogP contribution in [0.3, 0.4) is 0 Å². The minimum Gasteiger partial charge on any atom is -0.357 e. The second-order valence-electron chi connectivity index (χ2n) is 11.2. The van der Waals surface area contributed by atoms with Crippen molar-refractivity contribution in [3.8, 4) is 23.6 Å². The molecule has 2 saturated heterocycles. The molecule has 2 fully saturated rings. The quantitative estimate of drug-likeness (QED) is 0.256. The number of hydrogen-bond donors (Lipinski definition) is 1. The van der Waals surface area contributed by atoms with Gasteiger partial charge in [-0.25, -0.2) is 13.8 Å². The summed E-state index contributed by atoms with van der Waals surface area (Å²) < 4.78 is 73.3. The van der Waals surface area contributed by atoms with E-state index in [0.29, 0.717) is 36.8 Å². The summed E-state index contributed by atoms with van der Waals surface area (Å²) in [6.45, 7) is 4.30. The first kappa shape index (κ1) is 29.0. The molecule has 2 aliphatic heterocycles. The summed E-state index contributed by atoms with van der Waals surface area (Å²) in [5.41, 5.74) is -2.05. The molecule has 1 atom stereocenters. The van der Waals surface area contributed by atoms with Crippen molar-refractivity contribution < 1.29 is 22.0 Å². The Morgan fingerprint density at radius 2 is 1.88 bits per heavy atom. The second kappa shape index (κ2) is 11.2. The molecular weight excluding hydrogens is 565 g/mol. The number of terminal acetylenes is 1. The zero-order valence-electron chi connectivity index (χ0n) is 23.8. The summed E-state index contributed by atoms with van der Waals surface area (Å²) >= 11 is 0. The van der Waals surface area contributed by atoms with E-state index in [4.69, 9.17) is 11.4 Å². The highest BCUT2D eigenvalue weighted by molar-refractivity contribution is 6.02. The number of alkyl halides is 3. The number of rotatable bonds is 5. The molecule has 224 valence electrons. The van der Waals surface area contributed by atoms with E-state index in [1.165, 1.54) is 12.3 Å². The summed E-state index contributed by atoms with van der Waals surface area (Å²) in [5, 5.41) is 3.76. The normalized spacial score (nSPS) is 18.0. The first-order valence-electron chi connectivity index (χ1n) is 14.1. The largest absolute Gasteiger partial charge is 0.416 e. The van der Waals surface area contributed by atoms with E-state index in [2.05, 4.69) is 26.1 Å². The van der Waals surface area contributed by atoms with Gasteiger partial charge in [0.15, 0.2) is 5.82 Å². The molecule has 0 aliphatic carbocycles. The van der Waals surface area contributed by atoms with Crippen molar-refractivity contribution in [2.75, 3.05) is 63.2 Å². The molecule has 0 unspecified atom stereocenters. The van der Waals surface area contributed by atoms with Gasteiger partial charge in [-0.1, -0.05) is 12.0 Å². The van der Waals surface area contributed by atoms with Crippen molar-refractivity contribution in [3.05, 3.63) is 53.2 Å². The van der Waals surface area contributed by atoms with Crippen molar-refractivity contribution >= 4 is 33.4 Å². The molecule has 0 saturated carbocycles. The lowest BCUT2D eigenvalue weighted by molar-refractivity contribution is -0.137. The molecule has 2 aromatic heterocycles. The lowest BCUT2D eigenvalue weighted by atomic mass is 9.93. The van der Waals surface area contributed by atoms with Gasteiger partial charge in [0.05, 0.1) is 16.5 Å². The van der Waals surface area contributed by atoms with Crippen LogP contribution in [0, 0.1) is 24.0 Å². The molecule has 0 amide bonds. The molecule has 2 aromatic carbocycles. The summed E-state index contributed by atoms with van der Waals surface area (Å²) in [6.07, 6.45) is 4.25. The number of likely N-dealkylation sites (N-methyl/N-ethyl adjacent to an activating group) is 2. The average Bonchev–Trinajstić information content (AvgIpc) is 3.49. The van der Waals surface area contributed by atoms with Crippen LogP contribution in [0.1, 0.15) is 24.0 Å². The highest BCUT2D eigenvalue weighted by Crippen LogP contribution is 2.41. The molecular formula is C31H30F5N7. The van der Waals surface area contributed by atoms with Gasteiger partial charge in [0.25, 0.3) is 0 Å². The summed E-state index contributed by atoms with van der Waals surface area (Å²) in [7, 11) is 3.88. The zero-order chi connectivity index (χ0) is 30.5. The van der Waals surface area contributed by atoms with Gasteiger partial charge in [0.2, 0.25) is 5.95 Å². The summed E-state index contributed by atoms with van der Waals surface area (Å²) in [6, 6.07) is 4.06. The molecule has 2 aliphatic rings. The van der Waals surface area contributed by atoms with Crippen LogP contribution in [-0.4, -0.2) is 79.3 Å². The number of halogens is 5. The Hall–Kier alpha value is -4.08. The molecule has 12 heteroatoms. The predicted molar refractivity (Wildman–Crippen MR) is 157 cm³/mol. The third-order valence-corrected chi connectivity index (χ3v) is 8.25. The van der Waals surface area contributed by atoms with Gasteiger partial charge >= 0.3 is 6.18 Å². The maximum absolute atomic E-state index is 16.7. The number of piperazine rings is 1. The minimum atomic E-state index is -4.75. The van der Waals surface area contributed by atoms with Gasteiger partial charge in [-0.05, 0) is 50.0 Å². The maximum Gasteiger partial charge on any atom is 0.416 e. The van der Waals surface area contributed by atoms with Crippen LogP contribution in [0.25, 0.3) is 32.9 Å². The third-order valence-electron chi connectivity index (χ3n) is 8.25. The summed E-state index contributed by atoms with van der Waals surface area (Å²) in [5.74, 6) is 1.27. The van der Waals surface area contributed by atoms with E-state index in [1.807, 2.05) is 23.9 Å². The Bertz CT molecular complexity index is 1740. The number of fused-ring (bicyclic) bond motifs is 2. The monoisotopic (exact) mass is 595 g/mol. The van der Waals surface area contributed by atoms with E-state index in [9.17, 15) is 17.6 Å². The minimum absolute atomic E-state index is 0.0192. The van der Waals surface area contributed by atoms with Crippen LogP contribution in [0.4, 0.5) is 33.7 Å². The van der Waals surface area contributed by atoms with Gasteiger partial charge < -0.3 is 20.0 Å². The molecule has 4 heterocycles. The first-order chi connectivity index (χ1) is 20.5. The van der Waals surface area contributed by atoms with Gasteiger partial charge in [0.1, 0.15) is 22.8 Å². The van der Waals surface area contributed by atoms with Gasteiger partial charge in [-0.2, -0.15) is 18.2 Å². The van der Waals surface area contributed by atoms with Crippen LogP contribution >= 0.6 is 0 Å². The average molecular weight is 596 g/mol. The Labute approximate surface area is 245 Å². The number of nitrogens with one attached hydrogen (secondary N) is 1. The number of pyridine rings is 1. The number of anilines is 2. The highest BCUT2D eigenvalue weighted by atomic mass is 19.4. The Morgan fingerprint density at radius 1 is 1.12 bits per heavy atom. The summed E-state index contributed by atoms with van der Waals surface area (Å²) in [4.78, 5) is 19.8. The lowest BCUT2D eigenvalue weighted by Gasteiger charge is -2.33. The van der Waals surface area contributed by atoms with Crippen molar-refractivity contribution in [3.63, 3.8) is 0 Å². The van der Waals surface area contributed by atoms with E-state index in [1.54, 1.807) is 0 Å². The molecule has 6 rings (SSSR count). The SMILES string of the molecule is C#Cc1c(F)ccc2cc(C(F)(F)F)cc(-c3ncc4c(N(C)C[C@@H]5CCCN5)nc(N5CCN(C)CC5)nc4c3F)c12. The van der Waals surface area contributed by atoms with Gasteiger partial charge in [0, 0.05) is 63.0 Å². The third kappa shape index (κ3) is 5.43. The second-order valence-corrected chi connectivity index (χ2v) is 11.2. The van der Waals surface area contributed by atoms with Gasteiger partial charge in [-0.3, -0.25) is 4.98 Å². The van der Waals surface area contributed by atoms with Crippen LogP contribution in [0.15, 0.2) is 30.5 Å². The van der Waals surface area contributed by atoms with Crippen LogP contribution < -0.4 is 15.1 Å². The van der Waals surface area contributed by atoms with Crippen LogP contribution in [-0.2, 0) is 6.18 Å². The number of hydrogen-bond acceptors (Lipinski definition) is 7. The van der Waals surface area contributed by atoms with E-state index < -0.39 is 29.1 Å². The highest BCUT2D eigenvalue weighted by Gasteiger charge is 2.33. The van der Waals surface area contributed by atoms with E-state index >= 15 is 4.39 Å². The predicted octanol–water partition coefficient (Wildman–Crippen LogP) is 5.06. The van der Waals surface area contributed by atoms with Gasteiger partial charge in [-0.15, -0.1) is 6.42 Å². The van der Waals surface area contributed by atoms with Crippen molar-refractivity contribution in [1.82, 2.24) is 25.2 Å². The first-order valence-corrected chi connectivity index (χ1v) is 14.1. The van der Waals surface area contributed by atoms with Crippen LogP contribution in [0.2, 0.25) is 0 Å². The van der Waals surface area contributed by atoms with Crippen molar-refractivity contribution in [2.45, 2.75) is 25.1 Å². The zero-order valence-corrected chi connectivity index (χ0v) is 23.8. The molecule has 0 spiro atoms. The number of aromatic nitrogens is 3. The molecule has 1 N–H and O–H groups in total. The standard InChI is InChI=1S/C31H30F5N7/c1-4-21-24(32)8-7-18-14-19(31(34,35)36)15-22(25(18)21)27-26(33)28-23(16-38-27)29(42(3)17-20-6-5-9-37-20)40-30(39-28)43-12-10-41(2)11-13-43/h1,7-8,14-16,20,37H,5-6,9-13,17H2,2-3H3/t20-/m0/s1. The number of nitrogens with zero attached hydrogens (tertiary/aromatic N) is 6.